The van der Waals surface area contributed by atoms with Crippen molar-refractivity contribution in [3.63, 3.8) is 0 Å². The number of piperidine rings is 1. The molecule has 1 N–H and O–H groups in total. The van der Waals surface area contributed by atoms with E-state index in [9.17, 15) is 13.2 Å². The summed E-state index contributed by atoms with van der Waals surface area (Å²) in [5.41, 5.74) is 1.15. The van der Waals surface area contributed by atoms with Crippen LogP contribution in [0, 0.1) is 6.92 Å². The molecular formula is C21H26N2O4S. The summed E-state index contributed by atoms with van der Waals surface area (Å²) in [4.78, 5) is 12.9. The number of aryl methyl sites for hydroxylation is 1. The van der Waals surface area contributed by atoms with E-state index in [1.807, 2.05) is 31.2 Å². The Morgan fingerprint density at radius 2 is 1.82 bits per heavy atom. The maximum Gasteiger partial charge on any atom is 0.243 e. The molecular weight excluding hydrogens is 376 g/mol. The molecule has 1 fully saturated rings. The number of sulfonamides is 1. The van der Waals surface area contributed by atoms with Gasteiger partial charge in [0, 0.05) is 6.54 Å². The lowest BCUT2D eigenvalue weighted by molar-refractivity contribution is -0.125. The van der Waals surface area contributed by atoms with E-state index in [-0.39, 0.29) is 10.8 Å². The van der Waals surface area contributed by atoms with Crippen molar-refractivity contribution in [3.05, 3.63) is 60.2 Å². The third kappa shape index (κ3) is 4.91. The molecule has 1 aliphatic rings. The number of ether oxygens (including phenoxy) is 1. The fourth-order valence-corrected chi connectivity index (χ4v) is 4.96. The minimum absolute atomic E-state index is 0.220. The molecule has 28 heavy (non-hydrogen) atoms. The van der Waals surface area contributed by atoms with Crippen LogP contribution in [0.25, 0.3) is 0 Å². The lowest BCUT2D eigenvalue weighted by Crippen LogP contribution is -2.52. The zero-order valence-corrected chi connectivity index (χ0v) is 16.8. The van der Waals surface area contributed by atoms with Gasteiger partial charge in [-0.05, 0) is 44.0 Å². The molecule has 0 spiro atoms. The third-order valence-electron chi connectivity index (χ3n) is 4.80. The Labute approximate surface area is 166 Å². The van der Waals surface area contributed by atoms with Gasteiger partial charge >= 0.3 is 0 Å². The average Bonchev–Trinajstić information content (AvgIpc) is 2.73. The van der Waals surface area contributed by atoms with Crippen LogP contribution in [0.3, 0.4) is 0 Å². The van der Waals surface area contributed by atoms with E-state index in [0.29, 0.717) is 26.1 Å². The highest BCUT2D eigenvalue weighted by Crippen LogP contribution is 2.25. The van der Waals surface area contributed by atoms with Crippen LogP contribution in [0.15, 0.2) is 59.5 Å². The number of benzene rings is 2. The predicted molar refractivity (Wildman–Crippen MR) is 108 cm³/mol. The van der Waals surface area contributed by atoms with E-state index in [0.717, 1.165) is 24.2 Å². The number of hydrogen-bond acceptors (Lipinski definition) is 4. The van der Waals surface area contributed by atoms with E-state index in [4.69, 9.17) is 4.74 Å². The molecule has 0 radical (unpaired) electrons. The molecule has 1 unspecified atom stereocenters. The van der Waals surface area contributed by atoms with Gasteiger partial charge in [0.15, 0.2) is 0 Å². The van der Waals surface area contributed by atoms with Crippen molar-refractivity contribution >= 4 is 15.9 Å². The molecule has 6 nitrogen and oxygen atoms in total. The number of carbonyl (C=O) groups excluding carboxylic acids is 1. The van der Waals surface area contributed by atoms with Crippen LogP contribution in [0.4, 0.5) is 0 Å². The maximum atomic E-state index is 13.0. The molecule has 150 valence electrons. The first-order chi connectivity index (χ1) is 13.5. The first-order valence-electron chi connectivity index (χ1n) is 9.52. The highest BCUT2D eigenvalue weighted by molar-refractivity contribution is 7.89. The zero-order chi connectivity index (χ0) is 20.0. The lowest BCUT2D eigenvalue weighted by Gasteiger charge is -2.33. The highest BCUT2D eigenvalue weighted by Gasteiger charge is 2.37. The molecule has 3 rings (SSSR count). The van der Waals surface area contributed by atoms with Crippen molar-refractivity contribution < 1.29 is 17.9 Å². The van der Waals surface area contributed by atoms with Gasteiger partial charge in [-0.15, -0.1) is 0 Å². The molecule has 7 heteroatoms. The minimum atomic E-state index is -3.69. The fourth-order valence-electron chi connectivity index (χ4n) is 3.28. The second-order valence-electron chi connectivity index (χ2n) is 6.89. The summed E-state index contributed by atoms with van der Waals surface area (Å²) in [7, 11) is -3.69. The van der Waals surface area contributed by atoms with Gasteiger partial charge in [-0.1, -0.05) is 42.3 Å². The summed E-state index contributed by atoms with van der Waals surface area (Å²) < 4.78 is 32.9. The zero-order valence-electron chi connectivity index (χ0n) is 16.0. The summed E-state index contributed by atoms with van der Waals surface area (Å²) in [6.07, 6.45) is 2.11. The summed E-state index contributed by atoms with van der Waals surface area (Å²) in [6, 6.07) is 15.3. The second kappa shape index (κ2) is 9.21. The highest BCUT2D eigenvalue weighted by atomic mass is 32.2. The summed E-state index contributed by atoms with van der Waals surface area (Å²) >= 11 is 0. The Balaban J connectivity index is 1.58. The Kier molecular flexibility index (Phi) is 6.70. The van der Waals surface area contributed by atoms with Gasteiger partial charge in [0.25, 0.3) is 0 Å². The Bertz CT molecular complexity index is 882. The Morgan fingerprint density at radius 1 is 1.11 bits per heavy atom. The minimum Gasteiger partial charge on any atom is -0.492 e. The van der Waals surface area contributed by atoms with Gasteiger partial charge in [-0.3, -0.25) is 4.79 Å². The molecule has 0 aromatic heterocycles. The average molecular weight is 403 g/mol. The fraction of sp³-hybridized carbons (Fsp3) is 0.381. The van der Waals surface area contributed by atoms with Crippen molar-refractivity contribution in [3.8, 4) is 5.75 Å². The molecule has 0 aliphatic carbocycles. The first-order valence-corrected chi connectivity index (χ1v) is 11.0. The van der Waals surface area contributed by atoms with Gasteiger partial charge in [-0.2, -0.15) is 4.31 Å². The van der Waals surface area contributed by atoms with Crippen molar-refractivity contribution in [2.45, 2.75) is 37.1 Å². The number of hydrogen-bond donors (Lipinski definition) is 1. The number of rotatable bonds is 7. The standard InChI is InChI=1S/C21H26N2O4S/c1-17-10-12-18(13-11-17)27-16-14-22-21(24)20-9-5-6-15-23(20)28(25,26)19-7-3-2-4-8-19/h2-4,7-8,10-13,20H,5-6,9,14-16H2,1H3,(H,22,24). The van der Waals surface area contributed by atoms with Gasteiger partial charge in [0.05, 0.1) is 11.4 Å². The van der Waals surface area contributed by atoms with Gasteiger partial charge < -0.3 is 10.1 Å². The van der Waals surface area contributed by atoms with Crippen LogP contribution < -0.4 is 10.1 Å². The molecule has 1 atom stereocenters. The first kappa shape index (κ1) is 20.4. The summed E-state index contributed by atoms with van der Waals surface area (Å²) in [5, 5.41) is 2.82. The lowest BCUT2D eigenvalue weighted by atomic mass is 10.0. The van der Waals surface area contributed by atoms with E-state index in [1.165, 1.54) is 4.31 Å². The molecule has 1 aliphatic heterocycles. The Morgan fingerprint density at radius 3 is 2.54 bits per heavy atom. The molecule has 2 aromatic rings. The van der Waals surface area contributed by atoms with E-state index < -0.39 is 16.1 Å². The molecule has 0 saturated carbocycles. The topological polar surface area (TPSA) is 75.7 Å². The van der Waals surface area contributed by atoms with E-state index >= 15 is 0 Å². The SMILES string of the molecule is Cc1ccc(OCCNC(=O)C2CCCCN2S(=O)(=O)c2ccccc2)cc1. The Hall–Kier alpha value is -2.38. The van der Waals surface area contributed by atoms with Crippen LogP contribution in [0.1, 0.15) is 24.8 Å². The molecule has 2 aromatic carbocycles. The van der Waals surface area contributed by atoms with Crippen molar-refractivity contribution in [1.29, 1.82) is 0 Å². The monoisotopic (exact) mass is 402 g/mol. The maximum absolute atomic E-state index is 13.0. The number of nitrogens with zero attached hydrogens (tertiary/aromatic N) is 1. The van der Waals surface area contributed by atoms with Crippen LogP contribution in [-0.2, 0) is 14.8 Å². The molecule has 0 bridgehead atoms. The normalized spacial score (nSPS) is 17.8. The van der Waals surface area contributed by atoms with Gasteiger partial charge in [0.2, 0.25) is 15.9 Å². The predicted octanol–water partition coefficient (Wildman–Crippen LogP) is 2.73. The van der Waals surface area contributed by atoms with Crippen molar-refractivity contribution in [2.24, 2.45) is 0 Å². The number of amides is 1. The number of carbonyl (C=O) groups is 1. The third-order valence-corrected chi connectivity index (χ3v) is 6.72. The molecule has 1 amide bonds. The van der Waals surface area contributed by atoms with Crippen molar-refractivity contribution in [1.82, 2.24) is 9.62 Å². The van der Waals surface area contributed by atoms with Crippen LogP contribution >= 0.6 is 0 Å². The van der Waals surface area contributed by atoms with Gasteiger partial charge in [0.1, 0.15) is 18.4 Å². The van der Waals surface area contributed by atoms with Crippen LogP contribution in [-0.4, -0.2) is 44.4 Å². The summed E-state index contributed by atoms with van der Waals surface area (Å²) in [5.74, 6) is 0.470. The van der Waals surface area contributed by atoms with Crippen LogP contribution in [0.2, 0.25) is 0 Å². The van der Waals surface area contributed by atoms with Crippen molar-refractivity contribution in [2.75, 3.05) is 19.7 Å². The second-order valence-corrected chi connectivity index (χ2v) is 8.78. The van der Waals surface area contributed by atoms with E-state index in [1.54, 1.807) is 30.3 Å². The van der Waals surface area contributed by atoms with E-state index in [2.05, 4.69) is 5.32 Å². The summed E-state index contributed by atoms with van der Waals surface area (Å²) in [6.45, 7) is 3.01. The number of nitrogens with one attached hydrogen (secondary N) is 1. The molecule has 1 heterocycles. The largest absolute Gasteiger partial charge is 0.492 e. The quantitative estimate of drug-likeness (QED) is 0.723. The van der Waals surface area contributed by atoms with Crippen LogP contribution in [0.5, 0.6) is 5.75 Å². The molecule has 1 saturated heterocycles. The van der Waals surface area contributed by atoms with Gasteiger partial charge in [-0.25, -0.2) is 8.42 Å². The smallest absolute Gasteiger partial charge is 0.243 e.